The maximum atomic E-state index is 5.03. The van der Waals surface area contributed by atoms with Gasteiger partial charge in [-0.3, -0.25) is 0 Å². The summed E-state index contributed by atoms with van der Waals surface area (Å²) >= 11 is 0. The summed E-state index contributed by atoms with van der Waals surface area (Å²) in [5.41, 5.74) is 0. The Morgan fingerprint density at radius 1 is 1.67 bits per heavy atom. The van der Waals surface area contributed by atoms with Gasteiger partial charge in [-0.05, 0) is 13.8 Å². The molecule has 6 heavy (non-hydrogen) atoms. The van der Waals surface area contributed by atoms with Crippen LogP contribution in [0.2, 0.25) is 0 Å². The van der Waals surface area contributed by atoms with Crippen LogP contribution in [0.1, 0.15) is 13.8 Å². The molecule has 0 saturated heterocycles. The number of hydrogen-bond donors (Lipinski definition) is 0. The standard InChI is InChI=1S/C5H9P/c1-4-5(2,3)6/h1H,6H2,2-3H3. The zero-order chi connectivity index (χ0) is 5.21. The fourth-order valence-corrected chi connectivity index (χ4v) is 0. The van der Waals surface area contributed by atoms with Crippen LogP contribution < -0.4 is 0 Å². The van der Waals surface area contributed by atoms with Crippen molar-refractivity contribution in [3.63, 3.8) is 0 Å². The second-order valence-electron chi connectivity index (χ2n) is 1.87. The number of terminal acetylenes is 1. The van der Waals surface area contributed by atoms with Gasteiger partial charge < -0.3 is 0 Å². The Balaban J connectivity index is 3.55. The zero-order valence-electron chi connectivity index (χ0n) is 4.15. The summed E-state index contributed by atoms with van der Waals surface area (Å²) < 4.78 is 0. The predicted molar refractivity (Wildman–Crippen MR) is 32.6 cm³/mol. The Kier molecular flexibility index (Phi) is 1.62. The van der Waals surface area contributed by atoms with Crippen molar-refractivity contribution in [3.05, 3.63) is 0 Å². The third kappa shape index (κ3) is 3.99. The summed E-state index contributed by atoms with van der Waals surface area (Å²) in [4.78, 5) is 0. The summed E-state index contributed by atoms with van der Waals surface area (Å²) in [5.74, 6) is 2.57. The fourth-order valence-electron chi connectivity index (χ4n) is 0. The van der Waals surface area contributed by atoms with Crippen molar-refractivity contribution in [2.75, 3.05) is 0 Å². The van der Waals surface area contributed by atoms with E-state index in [1.54, 1.807) is 0 Å². The van der Waals surface area contributed by atoms with E-state index >= 15 is 0 Å². The first-order chi connectivity index (χ1) is 2.56. The van der Waals surface area contributed by atoms with Gasteiger partial charge in [-0.2, -0.15) is 0 Å². The Hall–Kier alpha value is -0.0100. The van der Waals surface area contributed by atoms with Gasteiger partial charge in [0.15, 0.2) is 0 Å². The molecule has 0 radical (unpaired) electrons. The van der Waals surface area contributed by atoms with Gasteiger partial charge in [-0.25, -0.2) is 0 Å². The van der Waals surface area contributed by atoms with Crippen LogP contribution in [0.25, 0.3) is 0 Å². The number of hydrogen-bond acceptors (Lipinski definition) is 0. The van der Waals surface area contributed by atoms with E-state index in [2.05, 4.69) is 15.2 Å². The quantitative estimate of drug-likeness (QED) is 0.317. The molecule has 0 spiro atoms. The normalized spacial score (nSPS) is 10.3. The highest BCUT2D eigenvalue weighted by Gasteiger charge is 2.00. The first-order valence-electron chi connectivity index (χ1n) is 1.83. The van der Waals surface area contributed by atoms with Crippen LogP contribution in [0.4, 0.5) is 0 Å². The molecule has 1 unspecified atom stereocenters. The lowest BCUT2D eigenvalue weighted by molar-refractivity contribution is 0.937. The third-order valence-electron chi connectivity index (χ3n) is 0.372. The van der Waals surface area contributed by atoms with Gasteiger partial charge in [0.2, 0.25) is 0 Å². The van der Waals surface area contributed by atoms with Crippen LogP contribution in [0.5, 0.6) is 0 Å². The molecule has 0 nitrogen and oxygen atoms in total. The van der Waals surface area contributed by atoms with Crippen molar-refractivity contribution in [2.45, 2.75) is 19.0 Å². The van der Waals surface area contributed by atoms with Crippen LogP contribution in [-0.4, -0.2) is 5.16 Å². The fraction of sp³-hybridized carbons (Fsp3) is 0.600. The maximum Gasteiger partial charge on any atom is 0.0395 e. The van der Waals surface area contributed by atoms with Crippen molar-refractivity contribution < 1.29 is 0 Å². The molecule has 0 aliphatic heterocycles. The van der Waals surface area contributed by atoms with E-state index in [0.717, 1.165) is 0 Å². The minimum atomic E-state index is -0.0139. The predicted octanol–water partition coefficient (Wildman–Crippen LogP) is 1.27. The first kappa shape index (κ1) is 5.99. The lowest BCUT2D eigenvalue weighted by Gasteiger charge is -2.04. The average Bonchev–Trinajstić information content (AvgIpc) is 1.35. The smallest absolute Gasteiger partial charge is 0.0395 e. The van der Waals surface area contributed by atoms with Gasteiger partial charge in [0.1, 0.15) is 0 Å². The third-order valence-corrected chi connectivity index (χ3v) is 0.539. The Morgan fingerprint density at radius 2 is 1.83 bits per heavy atom. The van der Waals surface area contributed by atoms with Crippen LogP contribution in [0.15, 0.2) is 0 Å². The molecule has 0 saturated carbocycles. The lowest BCUT2D eigenvalue weighted by atomic mass is 10.2. The van der Waals surface area contributed by atoms with Crippen molar-refractivity contribution in [1.82, 2.24) is 0 Å². The Labute approximate surface area is 41.5 Å². The van der Waals surface area contributed by atoms with Crippen LogP contribution in [0, 0.1) is 12.3 Å². The van der Waals surface area contributed by atoms with Crippen LogP contribution >= 0.6 is 9.24 Å². The zero-order valence-corrected chi connectivity index (χ0v) is 5.31. The van der Waals surface area contributed by atoms with Gasteiger partial charge in [0.25, 0.3) is 0 Å². The highest BCUT2D eigenvalue weighted by atomic mass is 31.0. The van der Waals surface area contributed by atoms with E-state index < -0.39 is 0 Å². The topological polar surface area (TPSA) is 0 Å². The van der Waals surface area contributed by atoms with Crippen LogP contribution in [-0.2, 0) is 0 Å². The Bertz CT molecular complexity index is 70.9. The van der Waals surface area contributed by atoms with Gasteiger partial charge in [-0.15, -0.1) is 15.7 Å². The van der Waals surface area contributed by atoms with Crippen molar-refractivity contribution in [1.29, 1.82) is 0 Å². The van der Waals surface area contributed by atoms with Crippen molar-refractivity contribution in [2.24, 2.45) is 0 Å². The maximum absolute atomic E-state index is 5.03. The largest absolute Gasteiger partial charge is 0.119 e. The minimum absolute atomic E-state index is 0.0139. The van der Waals surface area contributed by atoms with Crippen molar-refractivity contribution >= 4 is 9.24 Å². The Morgan fingerprint density at radius 3 is 1.83 bits per heavy atom. The molecule has 0 fully saturated rings. The van der Waals surface area contributed by atoms with E-state index in [-0.39, 0.29) is 5.16 Å². The summed E-state index contributed by atoms with van der Waals surface area (Å²) in [6.07, 6.45) is 5.03. The average molecular weight is 100 g/mol. The summed E-state index contributed by atoms with van der Waals surface area (Å²) in [6, 6.07) is 0. The molecule has 1 heteroatoms. The second kappa shape index (κ2) is 1.63. The summed E-state index contributed by atoms with van der Waals surface area (Å²) in [7, 11) is 2.56. The van der Waals surface area contributed by atoms with Crippen LogP contribution in [0.3, 0.4) is 0 Å². The second-order valence-corrected chi connectivity index (χ2v) is 3.31. The summed E-state index contributed by atoms with van der Waals surface area (Å²) in [6.45, 7) is 3.94. The molecule has 0 aromatic rings. The van der Waals surface area contributed by atoms with E-state index in [1.165, 1.54) is 0 Å². The highest BCUT2D eigenvalue weighted by Crippen LogP contribution is 2.12. The highest BCUT2D eigenvalue weighted by molar-refractivity contribution is 7.19. The minimum Gasteiger partial charge on any atom is -0.119 e. The first-order valence-corrected chi connectivity index (χ1v) is 2.40. The molecule has 0 aromatic heterocycles. The molecular formula is C5H9P. The molecule has 0 aliphatic rings. The van der Waals surface area contributed by atoms with E-state index in [1.807, 2.05) is 13.8 Å². The molecule has 1 atom stereocenters. The molecule has 0 aromatic carbocycles. The summed E-state index contributed by atoms with van der Waals surface area (Å²) in [5, 5.41) is -0.0139. The molecule has 0 amide bonds. The molecule has 0 aliphatic carbocycles. The van der Waals surface area contributed by atoms with Gasteiger partial charge in [0, 0.05) is 5.16 Å². The number of rotatable bonds is 0. The van der Waals surface area contributed by atoms with Gasteiger partial charge in [0.05, 0.1) is 0 Å². The van der Waals surface area contributed by atoms with E-state index in [9.17, 15) is 0 Å². The monoisotopic (exact) mass is 100 g/mol. The molecule has 0 heterocycles. The van der Waals surface area contributed by atoms with E-state index in [4.69, 9.17) is 6.42 Å². The molecular weight excluding hydrogens is 91.0 g/mol. The lowest BCUT2D eigenvalue weighted by Crippen LogP contribution is -2.02. The van der Waals surface area contributed by atoms with E-state index in [0.29, 0.717) is 0 Å². The molecule has 0 N–H and O–H groups in total. The van der Waals surface area contributed by atoms with Gasteiger partial charge >= 0.3 is 0 Å². The van der Waals surface area contributed by atoms with Crippen molar-refractivity contribution in [3.8, 4) is 12.3 Å². The molecule has 0 rings (SSSR count). The SMILES string of the molecule is C#CC(C)(C)P. The molecule has 0 bridgehead atoms. The van der Waals surface area contributed by atoms with Gasteiger partial charge in [-0.1, -0.05) is 5.92 Å². The molecule has 34 valence electrons.